The number of amides is 2. The van der Waals surface area contributed by atoms with Gasteiger partial charge < -0.3 is 10.2 Å². The van der Waals surface area contributed by atoms with Crippen molar-refractivity contribution in [2.45, 2.75) is 45.5 Å². The molecule has 0 aromatic heterocycles. The fraction of sp³-hybridized carbons (Fsp3) is 0.333. The van der Waals surface area contributed by atoms with Gasteiger partial charge in [-0.15, -0.1) is 11.8 Å². The molecule has 190 valence electrons. The van der Waals surface area contributed by atoms with Crippen molar-refractivity contribution in [2.24, 2.45) is 5.92 Å². The molecule has 3 aromatic carbocycles. The van der Waals surface area contributed by atoms with Crippen molar-refractivity contribution in [1.82, 2.24) is 10.2 Å². The van der Waals surface area contributed by atoms with E-state index in [4.69, 9.17) is 0 Å². The van der Waals surface area contributed by atoms with Crippen molar-refractivity contribution >= 4 is 23.6 Å². The second-order valence-corrected chi connectivity index (χ2v) is 10.4. The van der Waals surface area contributed by atoms with Gasteiger partial charge in [0.25, 0.3) is 0 Å². The maximum Gasteiger partial charge on any atom is 0.243 e. The Kier molecular flexibility index (Phi) is 10.6. The molecule has 0 bridgehead atoms. The summed E-state index contributed by atoms with van der Waals surface area (Å²) in [4.78, 5) is 28.7. The van der Waals surface area contributed by atoms with Gasteiger partial charge in [0.1, 0.15) is 11.9 Å². The molecule has 0 aliphatic carbocycles. The Hall–Kier alpha value is -3.12. The second kappa shape index (κ2) is 13.8. The Morgan fingerprint density at radius 1 is 0.917 bits per heavy atom. The maximum absolute atomic E-state index is 13.6. The van der Waals surface area contributed by atoms with Gasteiger partial charge in [-0.1, -0.05) is 80.6 Å². The van der Waals surface area contributed by atoms with Crippen molar-refractivity contribution in [2.75, 3.05) is 12.3 Å². The minimum absolute atomic E-state index is 0.112. The van der Waals surface area contributed by atoms with E-state index in [2.05, 4.69) is 24.4 Å². The number of nitrogens with one attached hydrogen (secondary N) is 1. The first-order chi connectivity index (χ1) is 17.3. The van der Waals surface area contributed by atoms with E-state index >= 15 is 0 Å². The van der Waals surface area contributed by atoms with E-state index in [1.54, 1.807) is 28.8 Å². The molecule has 1 N–H and O–H groups in total. The third-order valence-corrected chi connectivity index (χ3v) is 6.93. The number of aryl methyl sites for hydroxylation is 1. The zero-order valence-corrected chi connectivity index (χ0v) is 22.1. The molecule has 0 fully saturated rings. The van der Waals surface area contributed by atoms with Gasteiger partial charge in [-0.25, -0.2) is 4.39 Å². The van der Waals surface area contributed by atoms with E-state index in [-0.39, 0.29) is 35.8 Å². The summed E-state index contributed by atoms with van der Waals surface area (Å²) in [6.45, 7) is 6.90. The van der Waals surface area contributed by atoms with Crippen molar-refractivity contribution in [3.05, 3.63) is 107 Å². The highest BCUT2D eigenvalue weighted by Crippen LogP contribution is 2.20. The van der Waals surface area contributed by atoms with E-state index in [0.717, 1.165) is 11.1 Å². The van der Waals surface area contributed by atoms with E-state index in [1.165, 1.54) is 23.3 Å². The lowest BCUT2D eigenvalue weighted by atomic mass is 10.0. The number of thioether (sulfide) groups is 1. The van der Waals surface area contributed by atoms with Gasteiger partial charge >= 0.3 is 0 Å². The second-order valence-electron chi connectivity index (χ2n) is 9.41. The third kappa shape index (κ3) is 8.52. The minimum Gasteiger partial charge on any atom is -0.354 e. The summed E-state index contributed by atoms with van der Waals surface area (Å²) in [6.07, 6.45) is 0.403. The number of carbonyl (C=O) groups is 2. The summed E-state index contributed by atoms with van der Waals surface area (Å²) in [5.41, 5.74) is 4.14. The number of hydrogen-bond donors (Lipinski definition) is 1. The Labute approximate surface area is 218 Å². The van der Waals surface area contributed by atoms with Crippen LogP contribution in [0.2, 0.25) is 0 Å². The van der Waals surface area contributed by atoms with E-state index < -0.39 is 6.04 Å². The summed E-state index contributed by atoms with van der Waals surface area (Å²) >= 11 is 1.54. The molecule has 2 amide bonds. The summed E-state index contributed by atoms with van der Waals surface area (Å²) in [5.74, 6) is 0.632. The molecule has 0 unspecified atom stereocenters. The molecule has 0 radical (unpaired) electrons. The third-order valence-electron chi connectivity index (χ3n) is 5.97. The van der Waals surface area contributed by atoms with Crippen LogP contribution < -0.4 is 5.32 Å². The highest BCUT2D eigenvalue weighted by atomic mass is 32.2. The number of halogens is 1. The average Bonchev–Trinajstić information content (AvgIpc) is 2.87. The number of nitrogens with zero attached hydrogens (tertiary/aromatic N) is 1. The summed E-state index contributed by atoms with van der Waals surface area (Å²) in [6, 6.07) is 23.3. The fourth-order valence-electron chi connectivity index (χ4n) is 3.87. The number of hydrogen-bond acceptors (Lipinski definition) is 3. The predicted molar refractivity (Wildman–Crippen MR) is 146 cm³/mol. The van der Waals surface area contributed by atoms with Crippen molar-refractivity contribution in [1.29, 1.82) is 0 Å². The molecule has 0 saturated carbocycles. The highest BCUT2D eigenvalue weighted by molar-refractivity contribution is 7.99. The molecule has 0 heterocycles. The Morgan fingerprint density at radius 2 is 1.58 bits per heavy atom. The maximum atomic E-state index is 13.6. The number of benzene rings is 3. The fourth-order valence-corrected chi connectivity index (χ4v) is 4.85. The van der Waals surface area contributed by atoms with E-state index in [0.29, 0.717) is 18.7 Å². The zero-order valence-electron chi connectivity index (χ0n) is 21.2. The quantitative estimate of drug-likeness (QED) is 0.339. The number of rotatable bonds is 12. The molecule has 0 spiro atoms. The van der Waals surface area contributed by atoms with Crippen molar-refractivity contribution in [3.63, 3.8) is 0 Å². The van der Waals surface area contributed by atoms with Crippen LogP contribution >= 0.6 is 11.8 Å². The molecule has 3 rings (SSSR count). The lowest BCUT2D eigenvalue weighted by molar-refractivity contribution is -0.139. The standard InChI is InChI=1S/C30H35FN2O2S/c1-22(2)18-32-30(35)28(17-24-10-5-4-6-11-24)33(19-25-13-15-27(31)16-14-25)29(34)21-36-20-26-12-8-7-9-23(26)3/h4-16,22,28H,17-21H2,1-3H3,(H,32,35)/t28-/m1/s1. The van der Waals surface area contributed by atoms with Gasteiger partial charge in [0.15, 0.2) is 0 Å². The number of carbonyl (C=O) groups excluding carboxylic acids is 2. The van der Waals surface area contributed by atoms with E-state index in [1.807, 2.05) is 56.3 Å². The van der Waals surface area contributed by atoms with Gasteiger partial charge in [-0.3, -0.25) is 9.59 Å². The van der Waals surface area contributed by atoms with Crippen LogP contribution in [0.1, 0.15) is 36.1 Å². The first-order valence-corrected chi connectivity index (χ1v) is 13.5. The van der Waals surface area contributed by atoms with Gasteiger partial charge in [0, 0.05) is 25.3 Å². The molecule has 0 aliphatic rings. The molecule has 4 nitrogen and oxygen atoms in total. The monoisotopic (exact) mass is 506 g/mol. The first kappa shape index (κ1) is 27.5. The van der Waals surface area contributed by atoms with Crippen molar-refractivity contribution < 1.29 is 14.0 Å². The van der Waals surface area contributed by atoms with Gasteiger partial charge in [-0.05, 0) is 47.2 Å². The molecule has 6 heteroatoms. The SMILES string of the molecule is Cc1ccccc1CSCC(=O)N(Cc1ccc(F)cc1)[C@H](Cc1ccccc1)C(=O)NCC(C)C. The Bertz CT molecular complexity index is 1120. The van der Waals surface area contributed by atoms with Gasteiger partial charge in [0.05, 0.1) is 5.75 Å². The molecule has 36 heavy (non-hydrogen) atoms. The minimum atomic E-state index is -0.678. The van der Waals surface area contributed by atoms with Crippen molar-refractivity contribution in [3.8, 4) is 0 Å². The van der Waals surface area contributed by atoms with Crippen LogP contribution in [0.15, 0.2) is 78.9 Å². The topological polar surface area (TPSA) is 49.4 Å². The molecular weight excluding hydrogens is 471 g/mol. The van der Waals surface area contributed by atoms with Gasteiger partial charge in [-0.2, -0.15) is 0 Å². The zero-order chi connectivity index (χ0) is 25.9. The molecule has 0 aliphatic heterocycles. The first-order valence-electron chi connectivity index (χ1n) is 12.3. The smallest absolute Gasteiger partial charge is 0.243 e. The van der Waals surface area contributed by atoms with Crippen LogP contribution in [-0.2, 0) is 28.3 Å². The summed E-state index contributed by atoms with van der Waals surface area (Å²) in [5, 5.41) is 3.02. The largest absolute Gasteiger partial charge is 0.354 e. The lowest BCUT2D eigenvalue weighted by Crippen LogP contribution is -2.51. The van der Waals surface area contributed by atoms with Crippen LogP contribution in [-0.4, -0.2) is 35.1 Å². The highest BCUT2D eigenvalue weighted by Gasteiger charge is 2.30. The summed E-state index contributed by atoms with van der Waals surface area (Å²) in [7, 11) is 0. The Balaban J connectivity index is 1.84. The normalized spacial score (nSPS) is 11.8. The van der Waals surface area contributed by atoms with Crippen LogP contribution in [0.5, 0.6) is 0 Å². The molecule has 1 atom stereocenters. The molecule has 0 saturated heterocycles. The van der Waals surface area contributed by atoms with Crippen LogP contribution in [0.4, 0.5) is 4.39 Å². The Morgan fingerprint density at radius 3 is 2.25 bits per heavy atom. The lowest BCUT2D eigenvalue weighted by Gasteiger charge is -2.32. The van der Waals surface area contributed by atoms with Crippen LogP contribution in [0.25, 0.3) is 0 Å². The predicted octanol–water partition coefficient (Wildman–Crippen LogP) is 5.78. The molecule has 3 aromatic rings. The van der Waals surface area contributed by atoms with E-state index in [9.17, 15) is 14.0 Å². The van der Waals surface area contributed by atoms with Gasteiger partial charge in [0.2, 0.25) is 11.8 Å². The summed E-state index contributed by atoms with van der Waals surface area (Å²) < 4.78 is 13.5. The average molecular weight is 507 g/mol. The van der Waals surface area contributed by atoms with Crippen LogP contribution in [0, 0.1) is 18.7 Å². The molecular formula is C30H35FN2O2S. The van der Waals surface area contributed by atoms with Crippen LogP contribution in [0.3, 0.4) is 0 Å².